The van der Waals surface area contributed by atoms with Crippen LogP contribution >= 0.6 is 0 Å². The Morgan fingerprint density at radius 2 is 2.09 bits per heavy atom. The van der Waals surface area contributed by atoms with Crippen molar-refractivity contribution in [1.29, 1.82) is 0 Å². The monoisotopic (exact) mass is 445 g/mol. The van der Waals surface area contributed by atoms with Crippen LogP contribution in [0, 0.1) is 0 Å². The Labute approximate surface area is 197 Å². The molecule has 6 nitrogen and oxygen atoms in total. The number of amides is 1. The van der Waals surface area contributed by atoms with E-state index in [4.69, 9.17) is 5.84 Å². The van der Waals surface area contributed by atoms with E-state index >= 15 is 0 Å². The first-order chi connectivity index (χ1) is 16.0. The van der Waals surface area contributed by atoms with Gasteiger partial charge in [-0.15, -0.1) is 0 Å². The fourth-order valence-corrected chi connectivity index (χ4v) is 4.67. The number of rotatable bonds is 4. The normalized spacial score (nSPS) is 22.0. The number of allylic oxidation sites excluding steroid dienone is 6. The predicted molar refractivity (Wildman–Crippen MR) is 135 cm³/mol. The van der Waals surface area contributed by atoms with Crippen LogP contribution in [0.5, 0.6) is 0 Å². The molecule has 5 N–H and O–H groups in total. The van der Waals surface area contributed by atoms with E-state index in [-0.39, 0.29) is 11.9 Å². The number of carbonyl (C=O) groups is 1. The highest BCUT2D eigenvalue weighted by molar-refractivity contribution is 5.77. The lowest BCUT2D eigenvalue weighted by molar-refractivity contribution is -0.128. The van der Waals surface area contributed by atoms with Gasteiger partial charge in [-0.3, -0.25) is 10.6 Å². The van der Waals surface area contributed by atoms with E-state index in [9.17, 15) is 4.79 Å². The molecule has 174 valence electrons. The molecule has 4 rings (SSSR count). The van der Waals surface area contributed by atoms with Gasteiger partial charge in [0.15, 0.2) is 0 Å². The number of nitrogens with zero attached hydrogens (tertiary/aromatic N) is 1. The van der Waals surface area contributed by atoms with Gasteiger partial charge in [-0.05, 0) is 68.0 Å². The average Bonchev–Trinajstić information content (AvgIpc) is 3.14. The molecule has 0 saturated carbocycles. The zero-order valence-electron chi connectivity index (χ0n) is 19.9. The molecule has 2 heterocycles. The highest BCUT2D eigenvalue weighted by Gasteiger charge is 2.24. The third-order valence-electron chi connectivity index (χ3n) is 6.67. The lowest BCUT2D eigenvalue weighted by Crippen LogP contribution is -2.32. The fourth-order valence-electron chi connectivity index (χ4n) is 4.67. The molecule has 0 radical (unpaired) electrons. The van der Waals surface area contributed by atoms with Gasteiger partial charge in [-0.25, -0.2) is 0 Å². The van der Waals surface area contributed by atoms with Crippen LogP contribution < -0.4 is 21.9 Å². The van der Waals surface area contributed by atoms with E-state index in [1.807, 2.05) is 11.8 Å². The molecule has 0 spiro atoms. The number of nitrogens with one attached hydrogen (secondary N) is 3. The summed E-state index contributed by atoms with van der Waals surface area (Å²) >= 11 is 0. The first-order valence-corrected chi connectivity index (χ1v) is 11.8. The van der Waals surface area contributed by atoms with Crippen molar-refractivity contribution in [2.75, 3.05) is 19.6 Å². The van der Waals surface area contributed by atoms with E-state index < -0.39 is 0 Å². The van der Waals surface area contributed by atoms with Crippen LogP contribution in [0.1, 0.15) is 62.8 Å². The van der Waals surface area contributed by atoms with Crippen LogP contribution in [-0.4, -0.2) is 30.4 Å². The molecule has 0 saturated heterocycles. The van der Waals surface area contributed by atoms with Gasteiger partial charge in [0, 0.05) is 43.5 Å². The Bertz CT molecular complexity index is 1080. The molecular weight excluding hydrogens is 410 g/mol. The third-order valence-corrected chi connectivity index (χ3v) is 6.67. The standard InChI is InChI=1S/C27H35N5O/c1-18-5-4-6-23(9-7-18)30-26-11-14-29-27(19(2)31-28)24-10-8-22(17-25(24)26)21-12-15-32(16-13-21)20(3)33/h4,6-10,12,17,26,29-31H,5,11,13-16,28H2,1-3H3/b27-19-. The van der Waals surface area contributed by atoms with Crippen LogP contribution in [0.15, 0.2) is 65.5 Å². The molecule has 1 aromatic rings. The maximum atomic E-state index is 11.7. The van der Waals surface area contributed by atoms with Gasteiger partial charge in [-0.2, -0.15) is 0 Å². The van der Waals surface area contributed by atoms with Crippen LogP contribution in [0.25, 0.3) is 11.3 Å². The number of fused-ring (bicyclic) bond motifs is 1. The molecule has 1 unspecified atom stereocenters. The largest absolute Gasteiger partial charge is 0.383 e. The molecule has 1 atom stereocenters. The first-order valence-electron chi connectivity index (χ1n) is 11.8. The highest BCUT2D eigenvalue weighted by Crippen LogP contribution is 2.34. The SMILES string of the molecule is CC(=O)N1CC=C(c2ccc3c(c2)C(NC2=CC=C(C)CC=C2)CCN/C3=C(/C)NN)CC1. The molecule has 3 aliphatic rings. The van der Waals surface area contributed by atoms with Gasteiger partial charge in [0.2, 0.25) is 5.91 Å². The topological polar surface area (TPSA) is 82.4 Å². The molecule has 2 aliphatic heterocycles. The van der Waals surface area contributed by atoms with Crippen molar-refractivity contribution >= 4 is 17.2 Å². The second kappa shape index (κ2) is 10.1. The van der Waals surface area contributed by atoms with Gasteiger partial charge < -0.3 is 21.0 Å². The molecule has 1 aromatic carbocycles. The van der Waals surface area contributed by atoms with Gasteiger partial charge in [0.05, 0.1) is 11.7 Å². The maximum absolute atomic E-state index is 11.7. The highest BCUT2D eigenvalue weighted by atomic mass is 16.2. The van der Waals surface area contributed by atoms with Gasteiger partial charge in [-0.1, -0.05) is 35.9 Å². The molecule has 1 aliphatic carbocycles. The number of hydrazine groups is 1. The lowest BCUT2D eigenvalue weighted by Gasteiger charge is -2.27. The summed E-state index contributed by atoms with van der Waals surface area (Å²) in [7, 11) is 0. The minimum Gasteiger partial charge on any atom is -0.383 e. The number of benzene rings is 1. The van der Waals surface area contributed by atoms with Gasteiger partial charge >= 0.3 is 0 Å². The fraction of sp³-hybridized carbons (Fsp3) is 0.370. The summed E-state index contributed by atoms with van der Waals surface area (Å²) in [4.78, 5) is 13.6. The van der Waals surface area contributed by atoms with E-state index in [1.54, 1.807) is 6.92 Å². The summed E-state index contributed by atoms with van der Waals surface area (Å²) in [5.74, 6) is 5.92. The van der Waals surface area contributed by atoms with Crippen LogP contribution in [0.3, 0.4) is 0 Å². The summed E-state index contributed by atoms with van der Waals surface area (Å²) < 4.78 is 0. The van der Waals surface area contributed by atoms with Crippen molar-refractivity contribution in [3.63, 3.8) is 0 Å². The second-order valence-electron chi connectivity index (χ2n) is 9.04. The van der Waals surface area contributed by atoms with E-state index in [0.717, 1.165) is 55.0 Å². The minimum atomic E-state index is 0.135. The molecular formula is C27H35N5O. The zero-order chi connectivity index (χ0) is 23.4. The van der Waals surface area contributed by atoms with Crippen molar-refractivity contribution in [2.45, 2.75) is 46.1 Å². The predicted octanol–water partition coefficient (Wildman–Crippen LogP) is 3.89. The molecule has 33 heavy (non-hydrogen) atoms. The van der Waals surface area contributed by atoms with E-state index in [1.165, 1.54) is 22.3 Å². The number of hydrogen-bond acceptors (Lipinski definition) is 5. The Kier molecular flexibility index (Phi) is 7.04. The maximum Gasteiger partial charge on any atom is 0.219 e. The van der Waals surface area contributed by atoms with Crippen LogP contribution in [0.2, 0.25) is 0 Å². The van der Waals surface area contributed by atoms with Crippen molar-refractivity contribution in [1.82, 2.24) is 21.0 Å². The van der Waals surface area contributed by atoms with Crippen molar-refractivity contribution in [3.05, 3.63) is 82.2 Å². The Morgan fingerprint density at radius 3 is 2.82 bits per heavy atom. The van der Waals surface area contributed by atoms with Crippen LogP contribution in [-0.2, 0) is 4.79 Å². The summed E-state index contributed by atoms with van der Waals surface area (Å²) in [6.07, 6.45) is 13.7. The lowest BCUT2D eigenvalue weighted by atomic mass is 9.90. The molecule has 0 aromatic heterocycles. The zero-order valence-corrected chi connectivity index (χ0v) is 19.9. The summed E-state index contributed by atoms with van der Waals surface area (Å²) in [6.45, 7) is 8.09. The minimum absolute atomic E-state index is 0.135. The number of carbonyl (C=O) groups excluding carboxylic acids is 1. The quantitative estimate of drug-likeness (QED) is 0.418. The Balaban J connectivity index is 1.72. The van der Waals surface area contributed by atoms with Gasteiger partial charge in [0.25, 0.3) is 0 Å². The second-order valence-corrected chi connectivity index (χ2v) is 9.04. The van der Waals surface area contributed by atoms with Gasteiger partial charge in [0.1, 0.15) is 0 Å². The van der Waals surface area contributed by atoms with Crippen molar-refractivity contribution in [2.24, 2.45) is 5.84 Å². The molecule has 6 heteroatoms. The molecule has 1 amide bonds. The average molecular weight is 446 g/mol. The molecule has 0 fully saturated rings. The number of nitrogens with two attached hydrogens (primary N) is 1. The Morgan fingerprint density at radius 1 is 1.24 bits per heavy atom. The van der Waals surface area contributed by atoms with Crippen LogP contribution in [0.4, 0.5) is 0 Å². The van der Waals surface area contributed by atoms with Crippen molar-refractivity contribution < 1.29 is 4.79 Å². The molecule has 0 bridgehead atoms. The van der Waals surface area contributed by atoms with E-state index in [2.05, 4.69) is 71.6 Å². The third kappa shape index (κ3) is 5.22. The van der Waals surface area contributed by atoms with Crippen molar-refractivity contribution in [3.8, 4) is 0 Å². The summed E-state index contributed by atoms with van der Waals surface area (Å²) in [5.41, 5.74) is 12.2. The number of hydrogen-bond donors (Lipinski definition) is 4. The summed E-state index contributed by atoms with van der Waals surface area (Å²) in [6, 6.07) is 6.88. The first kappa shape index (κ1) is 22.9. The smallest absolute Gasteiger partial charge is 0.219 e. The van der Waals surface area contributed by atoms with E-state index in [0.29, 0.717) is 6.54 Å². The summed E-state index contributed by atoms with van der Waals surface area (Å²) in [5, 5.41) is 7.37. The Hall–Kier alpha value is -3.25.